The molecule has 1 saturated carbocycles. The van der Waals surface area contributed by atoms with Crippen molar-refractivity contribution < 1.29 is 4.79 Å². The Labute approximate surface area is 147 Å². The molecule has 0 bridgehead atoms. The van der Waals surface area contributed by atoms with Gasteiger partial charge in [-0.2, -0.15) is 5.10 Å². The lowest BCUT2D eigenvalue weighted by Gasteiger charge is -2.33. The molecule has 1 fully saturated rings. The molecule has 2 heterocycles. The summed E-state index contributed by atoms with van der Waals surface area (Å²) in [5.74, 6) is 1.62. The number of thiophene rings is 1. The topological polar surface area (TPSA) is 50.2 Å². The zero-order chi connectivity index (χ0) is 16.9. The molecule has 3 rings (SSSR count). The number of hydrogen-bond acceptors (Lipinski definition) is 4. The summed E-state index contributed by atoms with van der Waals surface area (Å²) in [5, 5.41) is 9.38. The second-order valence-corrected chi connectivity index (χ2v) is 7.86. The van der Waals surface area contributed by atoms with E-state index in [-0.39, 0.29) is 5.91 Å². The van der Waals surface area contributed by atoms with Crippen molar-refractivity contribution in [3.63, 3.8) is 0 Å². The van der Waals surface area contributed by atoms with Crippen LogP contribution in [0.5, 0.6) is 0 Å². The van der Waals surface area contributed by atoms with Gasteiger partial charge in [0, 0.05) is 17.0 Å². The van der Waals surface area contributed by atoms with Gasteiger partial charge in [0.05, 0.1) is 19.3 Å². The molecule has 0 aromatic carbocycles. The summed E-state index contributed by atoms with van der Waals surface area (Å²) in [4.78, 5) is 15.8. The van der Waals surface area contributed by atoms with Crippen molar-refractivity contribution in [1.29, 1.82) is 0 Å². The molecule has 6 heteroatoms. The predicted molar refractivity (Wildman–Crippen MR) is 98.3 cm³/mol. The van der Waals surface area contributed by atoms with Gasteiger partial charge in [0.2, 0.25) is 5.91 Å². The Balaban J connectivity index is 1.52. The summed E-state index contributed by atoms with van der Waals surface area (Å²) in [5.41, 5.74) is 0. The molecule has 1 amide bonds. The first-order valence-corrected chi connectivity index (χ1v) is 9.54. The van der Waals surface area contributed by atoms with Crippen LogP contribution in [0.2, 0.25) is 0 Å². The van der Waals surface area contributed by atoms with E-state index < -0.39 is 0 Å². The Kier molecular flexibility index (Phi) is 5.68. The molecule has 130 valence electrons. The van der Waals surface area contributed by atoms with Gasteiger partial charge in [0.15, 0.2) is 0 Å². The molecule has 0 saturated heterocycles. The minimum absolute atomic E-state index is 0.0315. The van der Waals surface area contributed by atoms with Crippen LogP contribution >= 0.6 is 11.3 Å². The second kappa shape index (κ2) is 7.94. The highest BCUT2D eigenvalue weighted by atomic mass is 32.1. The Bertz CT molecular complexity index is 644. The zero-order valence-electron chi connectivity index (χ0n) is 14.4. The van der Waals surface area contributed by atoms with Crippen molar-refractivity contribution in [1.82, 2.24) is 14.7 Å². The first-order valence-electron chi connectivity index (χ1n) is 8.66. The van der Waals surface area contributed by atoms with Crippen LogP contribution in [0.25, 0.3) is 0 Å². The third kappa shape index (κ3) is 4.45. The van der Waals surface area contributed by atoms with Gasteiger partial charge in [-0.15, -0.1) is 11.3 Å². The summed E-state index contributed by atoms with van der Waals surface area (Å²) < 4.78 is 1.84. The number of amides is 1. The summed E-state index contributed by atoms with van der Waals surface area (Å²) in [7, 11) is 2.06. The highest BCUT2D eigenvalue weighted by Crippen LogP contribution is 2.26. The largest absolute Gasteiger partial charge is 0.310 e. The SMILES string of the molecule is CC1CCC(N(C)CC(=O)Nc2ccnn2Cc2cccs2)CC1. The molecule has 2 aromatic heterocycles. The maximum absolute atomic E-state index is 12.4. The number of hydrogen-bond donors (Lipinski definition) is 1. The van der Waals surface area contributed by atoms with E-state index in [1.165, 1.54) is 30.6 Å². The van der Waals surface area contributed by atoms with E-state index >= 15 is 0 Å². The van der Waals surface area contributed by atoms with Crippen molar-refractivity contribution in [3.05, 3.63) is 34.7 Å². The zero-order valence-corrected chi connectivity index (χ0v) is 15.3. The van der Waals surface area contributed by atoms with Crippen molar-refractivity contribution in [2.75, 3.05) is 18.9 Å². The molecule has 1 N–H and O–H groups in total. The van der Waals surface area contributed by atoms with Gasteiger partial charge in [0.25, 0.3) is 0 Å². The van der Waals surface area contributed by atoms with Gasteiger partial charge < -0.3 is 5.32 Å². The smallest absolute Gasteiger partial charge is 0.239 e. The molecular formula is C18H26N4OS. The Morgan fingerprint density at radius 1 is 1.38 bits per heavy atom. The number of anilines is 1. The molecule has 0 radical (unpaired) electrons. The monoisotopic (exact) mass is 346 g/mol. The molecule has 0 unspecified atom stereocenters. The average Bonchev–Trinajstić information content (AvgIpc) is 3.21. The summed E-state index contributed by atoms with van der Waals surface area (Å²) >= 11 is 1.70. The van der Waals surface area contributed by atoms with Crippen LogP contribution in [0, 0.1) is 5.92 Å². The number of rotatable bonds is 6. The predicted octanol–water partition coefficient (Wildman–Crippen LogP) is 3.44. The van der Waals surface area contributed by atoms with Crippen LogP contribution in [-0.4, -0.2) is 40.2 Å². The standard InChI is InChI=1S/C18H26N4OS/c1-14-5-7-15(8-6-14)21(2)13-18(23)20-17-9-10-19-22(17)12-16-4-3-11-24-16/h3-4,9-11,14-15H,5-8,12-13H2,1-2H3,(H,20,23). The van der Waals surface area contributed by atoms with E-state index in [0.29, 0.717) is 19.1 Å². The number of aromatic nitrogens is 2. The van der Waals surface area contributed by atoms with Gasteiger partial charge in [-0.3, -0.25) is 9.69 Å². The molecular weight excluding hydrogens is 320 g/mol. The fourth-order valence-corrected chi connectivity index (χ4v) is 4.02. The molecule has 2 aromatic rings. The minimum Gasteiger partial charge on any atom is -0.310 e. The maximum atomic E-state index is 12.4. The summed E-state index contributed by atoms with van der Waals surface area (Å²) in [6.07, 6.45) is 6.66. The summed E-state index contributed by atoms with van der Waals surface area (Å²) in [6.45, 7) is 3.44. The molecule has 0 spiro atoms. The fourth-order valence-electron chi connectivity index (χ4n) is 3.34. The molecule has 1 aliphatic carbocycles. The third-order valence-corrected chi connectivity index (χ3v) is 5.73. The second-order valence-electron chi connectivity index (χ2n) is 6.83. The van der Waals surface area contributed by atoms with Gasteiger partial charge in [-0.05, 0) is 50.1 Å². The Morgan fingerprint density at radius 2 is 2.17 bits per heavy atom. The van der Waals surface area contributed by atoms with Crippen molar-refractivity contribution in [2.24, 2.45) is 5.92 Å². The first kappa shape index (κ1) is 17.2. The fraction of sp³-hybridized carbons (Fsp3) is 0.556. The highest BCUT2D eigenvalue weighted by Gasteiger charge is 2.23. The number of nitrogens with zero attached hydrogens (tertiary/aromatic N) is 3. The lowest BCUT2D eigenvalue weighted by atomic mass is 9.87. The van der Waals surface area contributed by atoms with Crippen LogP contribution in [0.3, 0.4) is 0 Å². The van der Waals surface area contributed by atoms with Crippen LogP contribution in [0.1, 0.15) is 37.5 Å². The maximum Gasteiger partial charge on any atom is 0.239 e. The Morgan fingerprint density at radius 3 is 2.88 bits per heavy atom. The van der Waals surface area contributed by atoms with Gasteiger partial charge in [0.1, 0.15) is 5.82 Å². The first-order chi connectivity index (χ1) is 11.6. The van der Waals surface area contributed by atoms with E-state index in [0.717, 1.165) is 11.7 Å². The molecule has 0 atom stereocenters. The van der Waals surface area contributed by atoms with E-state index in [4.69, 9.17) is 0 Å². The van der Waals surface area contributed by atoms with E-state index in [9.17, 15) is 4.79 Å². The highest BCUT2D eigenvalue weighted by molar-refractivity contribution is 7.09. The normalized spacial score (nSPS) is 21.1. The third-order valence-electron chi connectivity index (χ3n) is 4.87. The van der Waals surface area contributed by atoms with Gasteiger partial charge in [-0.1, -0.05) is 13.0 Å². The quantitative estimate of drug-likeness (QED) is 0.872. The van der Waals surface area contributed by atoms with Gasteiger partial charge in [-0.25, -0.2) is 4.68 Å². The van der Waals surface area contributed by atoms with Crippen molar-refractivity contribution in [2.45, 2.75) is 45.2 Å². The average molecular weight is 347 g/mol. The van der Waals surface area contributed by atoms with Crippen LogP contribution in [-0.2, 0) is 11.3 Å². The van der Waals surface area contributed by atoms with Crippen molar-refractivity contribution in [3.8, 4) is 0 Å². The molecule has 24 heavy (non-hydrogen) atoms. The minimum atomic E-state index is 0.0315. The number of carbonyl (C=O) groups is 1. The molecule has 0 aliphatic heterocycles. The molecule has 5 nitrogen and oxygen atoms in total. The van der Waals surface area contributed by atoms with Crippen molar-refractivity contribution >= 4 is 23.1 Å². The van der Waals surface area contributed by atoms with Gasteiger partial charge >= 0.3 is 0 Å². The number of likely N-dealkylation sites (N-methyl/N-ethyl adjacent to an activating group) is 1. The number of nitrogens with one attached hydrogen (secondary N) is 1. The lowest BCUT2D eigenvalue weighted by molar-refractivity contribution is -0.117. The van der Waals surface area contributed by atoms with E-state index in [2.05, 4.69) is 40.7 Å². The van der Waals surface area contributed by atoms with Crippen LogP contribution < -0.4 is 5.32 Å². The number of carbonyl (C=O) groups excluding carboxylic acids is 1. The Hall–Kier alpha value is -1.66. The van der Waals surface area contributed by atoms with E-state index in [1.807, 2.05) is 16.8 Å². The van der Waals surface area contributed by atoms with Crippen LogP contribution in [0.4, 0.5) is 5.82 Å². The van der Waals surface area contributed by atoms with E-state index in [1.54, 1.807) is 17.5 Å². The lowest BCUT2D eigenvalue weighted by Crippen LogP contribution is -2.40. The molecule has 1 aliphatic rings. The summed E-state index contributed by atoms with van der Waals surface area (Å²) in [6, 6.07) is 6.49. The van der Waals surface area contributed by atoms with Crippen LogP contribution in [0.15, 0.2) is 29.8 Å².